The van der Waals surface area contributed by atoms with Gasteiger partial charge in [-0.1, -0.05) is 12.1 Å². The van der Waals surface area contributed by atoms with E-state index < -0.39 is 5.79 Å². The van der Waals surface area contributed by atoms with Gasteiger partial charge in [0.25, 0.3) is 0 Å². The minimum atomic E-state index is -1.01. The van der Waals surface area contributed by atoms with Gasteiger partial charge >= 0.3 is 0 Å². The predicted molar refractivity (Wildman–Crippen MR) is 70.1 cm³/mol. The second kappa shape index (κ2) is 5.12. The first-order chi connectivity index (χ1) is 9.19. The molecule has 1 saturated carbocycles. The van der Waals surface area contributed by atoms with Crippen LogP contribution in [0.25, 0.3) is 0 Å². The van der Waals surface area contributed by atoms with Crippen molar-refractivity contribution in [1.82, 2.24) is 0 Å². The molecule has 0 amide bonds. The highest BCUT2D eigenvalue weighted by atomic mass is 16.6. The number of hydrogen-bond acceptors (Lipinski definition) is 4. The third-order valence-electron chi connectivity index (χ3n) is 3.79. The highest BCUT2D eigenvalue weighted by Crippen LogP contribution is 2.41. The summed E-state index contributed by atoms with van der Waals surface area (Å²) >= 11 is 0. The fraction of sp³-hybridized carbons (Fsp3) is 0.600. The number of methoxy groups -OCH3 is 1. The molecule has 1 N–H and O–H groups in total. The molecule has 1 aromatic rings. The van der Waals surface area contributed by atoms with Crippen molar-refractivity contribution in [2.75, 3.05) is 20.3 Å². The molecule has 4 nitrogen and oxygen atoms in total. The van der Waals surface area contributed by atoms with Gasteiger partial charge in [-0.05, 0) is 30.5 Å². The Bertz CT molecular complexity index is 422. The van der Waals surface area contributed by atoms with Gasteiger partial charge in [0.15, 0.2) is 5.79 Å². The lowest BCUT2D eigenvalue weighted by Gasteiger charge is -2.26. The highest BCUT2D eigenvalue weighted by Gasteiger charge is 2.44. The van der Waals surface area contributed by atoms with E-state index in [4.69, 9.17) is 14.2 Å². The number of rotatable bonds is 7. The third-order valence-corrected chi connectivity index (χ3v) is 3.79. The summed E-state index contributed by atoms with van der Waals surface area (Å²) in [5.41, 5.74) is 1.06. The van der Waals surface area contributed by atoms with E-state index in [-0.39, 0.29) is 12.0 Å². The van der Waals surface area contributed by atoms with Gasteiger partial charge in [-0.3, -0.25) is 0 Å². The smallest absolute Gasteiger partial charge is 0.171 e. The van der Waals surface area contributed by atoms with Crippen molar-refractivity contribution in [1.29, 1.82) is 0 Å². The first kappa shape index (κ1) is 12.9. The summed E-state index contributed by atoms with van der Waals surface area (Å²) in [6, 6.07) is 7.83. The third kappa shape index (κ3) is 3.26. The van der Waals surface area contributed by atoms with Gasteiger partial charge in [-0.15, -0.1) is 0 Å². The van der Waals surface area contributed by atoms with Gasteiger partial charge in [-0.2, -0.15) is 0 Å². The monoisotopic (exact) mass is 264 g/mol. The zero-order valence-corrected chi connectivity index (χ0v) is 11.2. The van der Waals surface area contributed by atoms with Crippen LogP contribution in [0.15, 0.2) is 24.3 Å². The Morgan fingerprint density at radius 1 is 1.32 bits per heavy atom. The van der Waals surface area contributed by atoms with E-state index in [1.807, 2.05) is 24.3 Å². The number of benzene rings is 1. The average Bonchev–Trinajstić information content (AvgIpc) is 3.30. The van der Waals surface area contributed by atoms with Crippen molar-refractivity contribution in [2.24, 2.45) is 5.92 Å². The van der Waals surface area contributed by atoms with E-state index >= 15 is 0 Å². The largest absolute Gasteiger partial charge is 0.491 e. The lowest BCUT2D eigenvalue weighted by molar-refractivity contribution is -0.199. The van der Waals surface area contributed by atoms with Crippen molar-refractivity contribution < 1.29 is 19.3 Å². The van der Waals surface area contributed by atoms with Gasteiger partial charge in [0.2, 0.25) is 0 Å². The summed E-state index contributed by atoms with van der Waals surface area (Å²) in [5, 5.41) is 10.4. The Kier molecular flexibility index (Phi) is 3.48. The molecule has 0 radical (unpaired) electrons. The maximum atomic E-state index is 10.4. The molecule has 104 valence electrons. The summed E-state index contributed by atoms with van der Waals surface area (Å²) in [6.45, 7) is 1.42. The molecule has 1 heterocycles. The molecule has 2 atom stereocenters. The van der Waals surface area contributed by atoms with Crippen LogP contribution in [0.2, 0.25) is 0 Å². The van der Waals surface area contributed by atoms with Crippen LogP contribution in [0.4, 0.5) is 0 Å². The second-order valence-corrected chi connectivity index (χ2v) is 5.41. The van der Waals surface area contributed by atoms with Gasteiger partial charge in [0.05, 0.1) is 6.61 Å². The molecule has 2 fully saturated rings. The molecule has 2 unspecified atom stereocenters. The first-order valence-corrected chi connectivity index (χ1v) is 6.80. The van der Waals surface area contributed by atoms with Crippen LogP contribution in [0, 0.1) is 5.92 Å². The van der Waals surface area contributed by atoms with Gasteiger partial charge in [0, 0.05) is 19.4 Å². The molecular formula is C15H20O4. The van der Waals surface area contributed by atoms with Crippen LogP contribution in [-0.4, -0.2) is 37.3 Å². The summed E-state index contributed by atoms with van der Waals surface area (Å²) in [5.74, 6) is 0.108. The van der Waals surface area contributed by atoms with Gasteiger partial charge in [0.1, 0.15) is 18.5 Å². The molecule has 1 aromatic carbocycles. The highest BCUT2D eigenvalue weighted by molar-refractivity contribution is 5.28. The summed E-state index contributed by atoms with van der Waals surface area (Å²) in [4.78, 5) is 0. The van der Waals surface area contributed by atoms with Crippen molar-refractivity contribution in [3.05, 3.63) is 29.8 Å². The number of aliphatic hydroxyl groups is 1. The summed E-state index contributed by atoms with van der Waals surface area (Å²) in [7, 11) is 1.57. The second-order valence-electron chi connectivity index (χ2n) is 5.41. The normalized spacial score (nSPS) is 24.8. The SMILES string of the molecule is COC(O)(Cc1ccc(OCC2CO2)cc1)C1CC1. The summed E-state index contributed by atoms with van der Waals surface area (Å²) in [6.07, 6.45) is 2.90. The molecule has 0 bridgehead atoms. The van der Waals surface area contributed by atoms with E-state index in [0.717, 1.165) is 30.8 Å². The molecule has 0 spiro atoms. The maximum absolute atomic E-state index is 10.4. The van der Waals surface area contributed by atoms with E-state index in [1.165, 1.54) is 0 Å². The number of epoxide rings is 1. The molecule has 3 rings (SSSR count). The van der Waals surface area contributed by atoms with Gasteiger partial charge in [-0.25, -0.2) is 0 Å². The van der Waals surface area contributed by atoms with Crippen LogP contribution in [0.1, 0.15) is 18.4 Å². The zero-order chi connectivity index (χ0) is 13.3. The quantitative estimate of drug-likeness (QED) is 0.602. The fourth-order valence-corrected chi connectivity index (χ4v) is 2.27. The first-order valence-electron chi connectivity index (χ1n) is 6.80. The van der Waals surface area contributed by atoms with E-state index in [9.17, 15) is 5.11 Å². The Labute approximate surface area is 113 Å². The van der Waals surface area contributed by atoms with Crippen LogP contribution >= 0.6 is 0 Å². The maximum Gasteiger partial charge on any atom is 0.171 e. The Morgan fingerprint density at radius 2 is 2.00 bits per heavy atom. The van der Waals surface area contributed by atoms with Crippen LogP contribution in [0.3, 0.4) is 0 Å². The van der Waals surface area contributed by atoms with E-state index in [2.05, 4.69) is 0 Å². The molecular weight excluding hydrogens is 244 g/mol. The zero-order valence-electron chi connectivity index (χ0n) is 11.2. The average molecular weight is 264 g/mol. The number of ether oxygens (including phenoxy) is 3. The van der Waals surface area contributed by atoms with Crippen molar-refractivity contribution in [3.63, 3.8) is 0 Å². The van der Waals surface area contributed by atoms with E-state index in [0.29, 0.717) is 13.0 Å². The Balaban J connectivity index is 1.58. The molecule has 2 aliphatic rings. The standard InChI is InChI=1S/C15H20O4/c1-17-15(16,12-4-5-12)8-11-2-6-13(7-3-11)18-9-14-10-19-14/h2-3,6-7,12,14,16H,4-5,8-10H2,1H3. The fourth-order valence-electron chi connectivity index (χ4n) is 2.27. The Hall–Kier alpha value is -1.10. The predicted octanol–water partition coefficient (Wildman–Crippen LogP) is 1.75. The molecule has 1 saturated heterocycles. The lowest BCUT2D eigenvalue weighted by atomic mass is 10.0. The van der Waals surface area contributed by atoms with Crippen LogP contribution < -0.4 is 4.74 Å². The minimum Gasteiger partial charge on any atom is -0.491 e. The molecule has 1 aliphatic carbocycles. The van der Waals surface area contributed by atoms with Crippen LogP contribution in [-0.2, 0) is 15.9 Å². The summed E-state index contributed by atoms with van der Waals surface area (Å²) < 4.78 is 16.0. The Morgan fingerprint density at radius 3 is 2.53 bits per heavy atom. The van der Waals surface area contributed by atoms with Gasteiger partial charge < -0.3 is 19.3 Å². The van der Waals surface area contributed by atoms with Crippen LogP contribution in [0.5, 0.6) is 5.75 Å². The van der Waals surface area contributed by atoms with Crippen molar-refractivity contribution >= 4 is 0 Å². The van der Waals surface area contributed by atoms with Crippen molar-refractivity contribution in [2.45, 2.75) is 31.2 Å². The minimum absolute atomic E-state index is 0.271. The number of hydrogen-bond donors (Lipinski definition) is 1. The van der Waals surface area contributed by atoms with Crippen molar-refractivity contribution in [3.8, 4) is 5.75 Å². The molecule has 4 heteroatoms. The van der Waals surface area contributed by atoms with E-state index in [1.54, 1.807) is 7.11 Å². The topological polar surface area (TPSA) is 51.2 Å². The lowest BCUT2D eigenvalue weighted by Crippen LogP contribution is -2.36. The molecule has 1 aliphatic heterocycles. The molecule has 0 aromatic heterocycles. The molecule has 19 heavy (non-hydrogen) atoms.